The van der Waals surface area contributed by atoms with Crippen molar-refractivity contribution in [2.75, 3.05) is 16.0 Å². The Bertz CT molecular complexity index is 1280. The van der Waals surface area contributed by atoms with Crippen LogP contribution in [0.5, 0.6) is 0 Å². The lowest BCUT2D eigenvalue weighted by Gasteiger charge is -2.12. The van der Waals surface area contributed by atoms with Gasteiger partial charge in [0.05, 0.1) is 0 Å². The Morgan fingerprint density at radius 1 is 0.436 bits per heavy atom. The summed E-state index contributed by atoms with van der Waals surface area (Å²) in [7, 11) is 0. The average Bonchev–Trinajstić information content (AvgIpc) is 2.97. The van der Waals surface area contributed by atoms with Crippen molar-refractivity contribution in [1.29, 1.82) is 0 Å². The number of nitrogens with zero attached hydrogens (tertiary/aromatic N) is 3. The number of anilines is 6. The third-order valence-corrected chi connectivity index (χ3v) is 5.24. The van der Waals surface area contributed by atoms with Gasteiger partial charge in [-0.25, -0.2) is 17.5 Å². The number of hydrogen-bond acceptors (Lipinski definition) is 12. The van der Waals surface area contributed by atoms with Gasteiger partial charge in [-0.05, 0) is 72.8 Å². The topological polar surface area (TPSA) is 240 Å². The third-order valence-electron chi connectivity index (χ3n) is 5.24. The number of hydrogen-bond donors (Lipinski definition) is 9. The zero-order valence-electron chi connectivity index (χ0n) is 20.2. The normalized spacial score (nSPS) is 10.2. The lowest BCUT2D eigenvalue weighted by molar-refractivity contribution is 0.0945. The van der Waals surface area contributed by atoms with Gasteiger partial charge in [0, 0.05) is 33.8 Å². The van der Waals surface area contributed by atoms with Gasteiger partial charge in [0.1, 0.15) is 0 Å². The van der Waals surface area contributed by atoms with Crippen LogP contribution in [-0.4, -0.2) is 32.7 Å². The van der Waals surface area contributed by atoms with Gasteiger partial charge in [-0.1, -0.05) is 0 Å². The molecule has 0 unspecified atom stereocenters. The molecule has 12 N–H and O–H groups in total. The number of nitrogens with two attached hydrogens (primary N) is 3. The Labute approximate surface area is 221 Å². The first-order chi connectivity index (χ1) is 18.9. The molecule has 3 aromatic carbocycles. The Balaban J connectivity index is 1.61. The summed E-state index contributed by atoms with van der Waals surface area (Å²) in [5, 5.41) is 9.19. The van der Waals surface area contributed by atoms with Gasteiger partial charge < -0.3 is 16.0 Å². The molecule has 0 aliphatic rings. The number of aromatic nitrogens is 3. The van der Waals surface area contributed by atoms with E-state index < -0.39 is 17.7 Å². The van der Waals surface area contributed by atoms with Crippen LogP contribution in [0.3, 0.4) is 0 Å². The first-order valence-corrected chi connectivity index (χ1v) is 11.3. The van der Waals surface area contributed by atoms with Crippen LogP contribution in [0.1, 0.15) is 31.1 Å². The molecule has 4 rings (SSSR count). The Morgan fingerprint density at radius 3 is 0.872 bits per heavy atom. The van der Waals surface area contributed by atoms with Gasteiger partial charge in [0.2, 0.25) is 17.8 Å². The van der Waals surface area contributed by atoms with E-state index in [4.69, 9.17) is 17.5 Å². The van der Waals surface area contributed by atoms with Crippen molar-refractivity contribution < 1.29 is 14.4 Å². The summed E-state index contributed by atoms with van der Waals surface area (Å²) in [5.41, 5.74) is 9.14. The van der Waals surface area contributed by atoms with Gasteiger partial charge in [0.15, 0.2) is 0 Å². The van der Waals surface area contributed by atoms with Crippen LogP contribution in [0.25, 0.3) is 0 Å². The Kier molecular flexibility index (Phi) is 8.17. The minimum absolute atomic E-state index is 0.185. The second-order valence-electron chi connectivity index (χ2n) is 7.83. The maximum Gasteiger partial charge on any atom is 0.265 e. The molecule has 0 spiro atoms. The second kappa shape index (κ2) is 12.1. The van der Waals surface area contributed by atoms with Crippen LogP contribution >= 0.6 is 0 Å². The zero-order chi connectivity index (χ0) is 27.8. The summed E-state index contributed by atoms with van der Waals surface area (Å²) >= 11 is 0. The van der Waals surface area contributed by atoms with Crippen LogP contribution in [0.15, 0.2) is 72.8 Å². The largest absolute Gasteiger partial charge is 0.324 e. The molecule has 15 heteroatoms. The molecule has 0 bridgehead atoms. The minimum atomic E-state index is -0.426. The van der Waals surface area contributed by atoms with Crippen LogP contribution in [0.2, 0.25) is 0 Å². The first-order valence-electron chi connectivity index (χ1n) is 11.3. The van der Waals surface area contributed by atoms with E-state index in [0.717, 1.165) is 0 Å². The molecule has 0 saturated heterocycles. The minimum Gasteiger partial charge on any atom is -0.324 e. The molecule has 0 saturated carbocycles. The van der Waals surface area contributed by atoms with Crippen molar-refractivity contribution in [2.45, 2.75) is 0 Å². The van der Waals surface area contributed by atoms with E-state index in [0.29, 0.717) is 33.8 Å². The highest BCUT2D eigenvalue weighted by Gasteiger charge is 2.11. The lowest BCUT2D eigenvalue weighted by Crippen LogP contribution is -2.29. The highest BCUT2D eigenvalue weighted by Crippen LogP contribution is 2.22. The maximum atomic E-state index is 11.7. The van der Waals surface area contributed by atoms with Crippen molar-refractivity contribution in [3.05, 3.63) is 89.5 Å². The van der Waals surface area contributed by atoms with E-state index in [9.17, 15) is 14.4 Å². The standard InChI is InChI=1S/C24H24N12O3/c25-34-19(37)13-1-7-16(8-2-13)28-22-31-23(29-17-9-3-14(4-10-17)20(38)35-26)33-24(32-22)30-18-11-5-15(6-12-18)21(39)36-27/h1-12H,25-27H2,(H,34,37)(H,35,38)(H,36,39)(H3,28,29,30,31,32,33). The summed E-state index contributed by atoms with van der Waals surface area (Å²) in [6.07, 6.45) is 0. The smallest absolute Gasteiger partial charge is 0.265 e. The van der Waals surface area contributed by atoms with Crippen LogP contribution < -0.4 is 49.8 Å². The summed E-state index contributed by atoms with van der Waals surface area (Å²) in [6, 6.07) is 19.5. The predicted molar refractivity (Wildman–Crippen MR) is 144 cm³/mol. The quantitative estimate of drug-likeness (QED) is 0.0836. The monoisotopic (exact) mass is 528 g/mol. The molecule has 0 fully saturated rings. The summed E-state index contributed by atoms with van der Waals surface area (Å²) in [5.74, 6) is 14.8. The third kappa shape index (κ3) is 6.77. The number of nitrogen functional groups attached to an aromatic ring is 3. The van der Waals surface area contributed by atoms with Gasteiger partial charge in [0.25, 0.3) is 17.7 Å². The van der Waals surface area contributed by atoms with Gasteiger partial charge >= 0.3 is 0 Å². The van der Waals surface area contributed by atoms with Crippen LogP contribution in [0.4, 0.5) is 34.9 Å². The molecule has 1 aromatic heterocycles. The van der Waals surface area contributed by atoms with Crippen LogP contribution in [0, 0.1) is 0 Å². The molecule has 0 radical (unpaired) electrons. The van der Waals surface area contributed by atoms with Gasteiger partial charge in [-0.15, -0.1) is 0 Å². The highest BCUT2D eigenvalue weighted by molar-refractivity contribution is 5.95. The Morgan fingerprint density at radius 2 is 0.667 bits per heavy atom. The average molecular weight is 529 g/mol. The van der Waals surface area contributed by atoms with E-state index in [1.165, 1.54) is 0 Å². The highest BCUT2D eigenvalue weighted by atomic mass is 16.2. The van der Waals surface area contributed by atoms with Gasteiger partial charge in [-0.2, -0.15) is 15.0 Å². The lowest BCUT2D eigenvalue weighted by atomic mass is 10.2. The molecule has 0 aliphatic heterocycles. The molecule has 0 atom stereocenters. The van der Waals surface area contributed by atoms with Crippen molar-refractivity contribution in [2.24, 2.45) is 17.5 Å². The zero-order valence-corrected chi connectivity index (χ0v) is 20.2. The van der Waals surface area contributed by atoms with Crippen molar-refractivity contribution >= 4 is 52.6 Å². The Hall–Kier alpha value is -5.64. The van der Waals surface area contributed by atoms with Crippen molar-refractivity contribution in [1.82, 2.24) is 31.2 Å². The molecule has 1 heterocycles. The molecule has 3 amide bonds. The number of benzene rings is 3. The number of rotatable bonds is 9. The van der Waals surface area contributed by atoms with Crippen molar-refractivity contribution in [3.63, 3.8) is 0 Å². The number of carbonyl (C=O) groups excluding carboxylic acids is 3. The second-order valence-corrected chi connectivity index (χ2v) is 7.83. The van der Waals surface area contributed by atoms with Gasteiger partial charge in [-0.3, -0.25) is 30.7 Å². The van der Waals surface area contributed by atoms with E-state index in [1.54, 1.807) is 72.8 Å². The molecule has 0 aliphatic carbocycles. The van der Waals surface area contributed by atoms with E-state index in [2.05, 4.69) is 47.2 Å². The molecule has 15 nitrogen and oxygen atoms in total. The molecule has 39 heavy (non-hydrogen) atoms. The van der Waals surface area contributed by atoms with Crippen molar-refractivity contribution in [3.8, 4) is 0 Å². The predicted octanol–water partition coefficient (Wildman–Crippen LogP) is 0.913. The summed E-state index contributed by atoms with van der Waals surface area (Å²) in [4.78, 5) is 48.4. The number of nitrogens with one attached hydrogen (secondary N) is 6. The molecule has 198 valence electrons. The molecular formula is C24H24N12O3. The van der Waals surface area contributed by atoms with Crippen LogP contribution in [-0.2, 0) is 0 Å². The summed E-state index contributed by atoms with van der Waals surface area (Å²) in [6.45, 7) is 0. The van der Waals surface area contributed by atoms with E-state index >= 15 is 0 Å². The fourth-order valence-electron chi connectivity index (χ4n) is 3.30. The number of carbonyl (C=O) groups is 3. The van der Waals surface area contributed by atoms with E-state index in [-0.39, 0.29) is 17.8 Å². The summed E-state index contributed by atoms with van der Waals surface area (Å²) < 4.78 is 0. The molecular weight excluding hydrogens is 504 g/mol. The maximum absolute atomic E-state index is 11.7. The fourth-order valence-corrected chi connectivity index (χ4v) is 3.30. The first kappa shape index (κ1) is 26.4. The fraction of sp³-hybridized carbons (Fsp3) is 0. The van der Waals surface area contributed by atoms with E-state index in [1.807, 2.05) is 0 Å². The molecule has 4 aromatic rings. The number of amides is 3. The number of hydrazine groups is 3. The SMILES string of the molecule is NNC(=O)c1ccc(Nc2nc(Nc3ccc(C(=O)NN)cc3)nc(Nc3ccc(C(=O)NN)cc3)n2)cc1.